The first-order valence-electron chi connectivity index (χ1n) is 4.72. The molecule has 6 heteroatoms. The number of carbonyl (C=O) groups is 1. The molecule has 2 rings (SSSR count). The maximum atomic E-state index is 11.5. The lowest BCUT2D eigenvalue weighted by molar-refractivity contribution is 0.144. The third-order valence-electron chi connectivity index (χ3n) is 2.01. The maximum absolute atomic E-state index is 11.5. The topological polar surface area (TPSA) is 92.3 Å². The number of aromatic amines is 1. The van der Waals surface area contributed by atoms with Crippen LogP contribution in [0.3, 0.4) is 0 Å². The van der Waals surface area contributed by atoms with Crippen LogP contribution in [0, 0.1) is 0 Å². The average Bonchev–Trinajstić information content (AvgIpc) is 2.32. The highest BCUT2D eigenvalue weighted by Gasteiger charge is 2.07. The van der Waals surface area contributed by atoms with Crippen molar-refractivity contribution >= 4 is 6.16 Å². The van der Waals surface area contributed by atoms with Gasteiger partial charge in [-0.1, -0.05) is 6.07 Å². The molecule has 0 aliphatic heterocycles. The van der Waals surface area contributed by atoms with Crippen LogP contribution in [0.5, 0.6) is 5.75 Å². The Hall–Kier alpha value is -2.63. The van der Waals surface area contributed by atoms with Crippen molar-refractivity contribution in [3.8, 4) is 17.1 Å². The molecule has 0 spiro atoms. The molecule has 0 radical (unpaired) electrons. The fraction of sp³-hybridized carbons (Fsp3) is 0. The Labute approximate surface area is 95.5 Å². The van der Waals surface area contributed by atoms with Crippen LogP contribution in [0.25, 0.3) is 11.4 Å². The van der Waals surface area contributed by atoms with E-state index in [1.807, 2.05) is 0 Å². The first-order valence-corrected chi connectivity index (χ1v) is 4.72. The van der Waals surface area contributed by atoms with Crippen molar-refractivity contribution in [2.45, 2.75) is 0 Å². The molecule has 0 atom stereocenters. The molecule has 0 unspecified atom stereocenters. The second-order valence-corrected chi connectivity index (χ2v) is 3.15. The predicted octanol–water partition coefficient (Wildman–Crippen LogP) is 1.49. The minimum absolute atomic E-state index is 0.266. The lowest BCUT2D eigenvalue weighted by atomic mass is 10.2. The molecular weight excluding hydrogens is 224 g/mol. The van der Waals surface area contributed by atoms with E-state index in [1.54, 1.807) is 24.4 Å². The standard InChI is InChI=1S/C11H8N2O4/c14-10-9(17-11(15)16)5-4-8(13-10)7-3-1-2-6-12-7/h1-6H,(H,13,14)(H,15,16). The summed E-state index contributed by atoms with van der Waals surface area (Å²) >= 11 is 0. The van der Waals surface area contributed by atoms with Gasteiger partial charge in [0.05, 0.1) is 11.4 Å². The molecule has 17 heavy (non-hydrogen) atoms. The summed E-state index contributed by atoms with van der Waals surface area (Å²) in [6, 6.07) is 8.08. The Morgan fingerprint density at radius 2 is 2.12 bits per heavy atom. The van der Waals surface area contributed by atoms with Crippen LogP contribution in [0.4, 0.5) is 4.79 Å². The number of ether oxygens (including phenoxy) is 1. The second kappa shape index (κ2) is 4.48. The quantitative estimate of drug-likeness (QED) is 0.765. The molecule has 0 bridgehead atoms. The van der Waals surface area contributed by atoms with E-state index in [-0.39, 0.29) is 5.75 Å². The molecule has 2 heterocycles. The van der Waals surface area contributed by atoms with Gasteiger partial charge >= 0.3 is 6.16 Å². The lowest BCUT2D eigenvalue weighted by Crippen LogP contribution is -2.15. The van der Waals surface area contributed by atoms with Gasteiger partial charge < -0.3 is 14.8 Å². The van der Waals surface area contributed by atoms with Gasteiger partial charge in [-0.05, 0) is 24.3 Å². The minimum atomic E-state index is -1.53. The number of nitrogens with zero attached hydrogens (tertiary/aromatic N) is 1. The van der Waals surface area contributed by atoms with E-state index in [4.69, 9.17) is 5.11 Å². The fourth-order valence-electron chi connectivity index (χ4n) is 1.31. The van der Waals surface area contributed by atoms with E-state index in [0.717, 1.165) is 0 Å². The number of nitrogens with one attached hydrogen (secondary N) is 1. The molecule has 0 fully saturated rings. The Kier molecular flexibility index (Phi) is 2.87. The van der Waals surface area contributed by atoms with Gasteiger partial charge in [-0.2, -0.15) is 0 Å². The third-order valence-corrected chi connectivity index (χ3v) is 2.01. The number of hydrogen-bond acceptors (Lipinski definition) is 4. The number of pyridine rings is 2. The highest BCUT2D eigenvalue weighted by Crippen LogP contribution is 2.13. The van der Waals surface area contributed by atoms with E-state index in [0.29, 0.717) is 11.4 Å². The van der Waals surface area contributed by atoms with Crippen molar-refractivity contribution in [3.05, 3.63) is 46.9 Å². The van der Waals surface area contributed by atoms with Crippen LogP contribution in [-0.2, 0) is 0 Å². The molecular formula is C11H8N2O4. The average molecular weight is 232 g/mol. The number of H-pyrrole nitrogens is 1. The highest BCUT2D eigenvalue weighted by atomic mass is 16.7. The minimum Gasteiger partial charge on any atom is -0.449 e. The van der Waals surface area contributed by atoms with Crippen LogP contribution in [0.15, 0.2) is 41.3 Å². The molecule has 0 amide bonds. The fourth-order valence-corrected chi connectivity index (χ4v) is 1.31. The van der Waals surface area contributed by atoms with E-state index in [2.05, 4.69) is 14.7 Å². The summed E-state index contributed by atoms with van der Waals surface area (Å²) in [5.74, 6) is -0.266. The molecule has 0 saturated carbocycles. The van der Waals surface area contributed by atoms with Crippen molar-refractivity contribution in [2.75, 3.05) is 0 Å². The van der Waals surface area contributed by atoms with Gasteiger partial charge in [0, 0.05) is 6.20 Å². The Bertz CT molecular complexity index is 592. The summed E-state index contributed by atoms with van der Waals surface area (Å²) in [5.41, 5.74) is 0.468. The van der Waals surface area contributed by atoms with Gasteiger partial charge in [0.2, 0.25) is 0 Å². The van der Waals surface area contributed by atoms with Gasteiger partial charge in [0.15, 0.2) is 5.75 Å². The zero-order chi connectivity index (χ0) is 12.3. The largest absolute Gasteiger partial charge is 0.511 e. The molecule has 2 aromatic heterocycles. The summed E-state index contributed by atoms with van der Waals surface area (Å²) in [7, 11) is 0. The van der Waals surface area contributed by atoms with Crippen LogP contribution in [0.2, 0.25) is 0 Å². The first kappa shape index (κ1) is 10.9. The summed E-state index contributed by atoms with van der Waals surface area (Å²) < 4.78 is 4.29. The Morgan fingerprint density at radius 3 is 2.71 bits per heavy atom. The van der Waals surface area contributed by atoms with E-state index >= 15 is 0 Å². The molecule has 2 aromatic rings. The Morgan fingerprint density at radius 1 is 1.29 bits per heavy atom. The molecule has 0 aliphatic rings. The lowest BCUT2D eigenvalue weighted by Gasteiger charge is -2.02. The summed E-state index contributed by atoms with van der Waals surface area (Å²) in [6.45, 7) is 0. The zero-order valence-corrected chi connectivity index (χ0v) is 8.58. The van der Waals surface area contributed by atoms with Crippen molar-refractivity contribution in [2.24, 2.45) is 0 Å². The van der Waals surface area contributed by atoms with Crippen LogP contribution >= 0.6 is 0 Å². The van der Waals surface area contributed by atoms with Gasteiger partial charge in [0.1, 0.15) is 0 Å². The molecule has 0 saturated heterocycles. The summed E-state index contributed by atoms with van der Waals surface area (Å²) in [5, 5.41) is 8.39. The maximum Gasteiger partial charge on any atom is 0.511 e. The van der Waals surface area contributed by atoms with Crippen LogP contribution < -0.4 is 10.3 Å². The number of carboxylic acid groups (broad SMARTS) is 1. The van der Waals surface area contributed by atoms with Crippen LogP contribution in [0.1, 0.15) is 0 Å². The highest BCUT2D eigenvalue weighted by molar-refractivity contribution is 5.61. The van der Waals surface area contributed by atoms with E-state index in [9.17, 15) is 9.59 Å². The van der Waals surface area contributed by atoms with Crippen LogP contribution in [-0.4, -0.2) is 21.2 Å². The SMILES string of the molecule is O=C(O)Oc1ccc(-c2ccccn2)[nH]c1=O. The number of hydrogen-bond donors (Lipinski definition) is 2. The predicted molar refractivity (Wildman–Crippen MR) is 58.9 cm³/mol. The van der Waals surface area contributed by atoms with Crippen molar-refractivity contribution in [3.63, 3.8) is 0 Å². The summed E-state index contributed by atoms with van der Waals surface area (Å²) in [4.78, 5) is 28.3. The number of rotatable bonds is 2. The summed E-state index contributed by atoms with van der Waals surface area (Å²) in [6.07, 6.45) is 0.0658. The van der Waals surface area contributed by atoms with E-state index in [1.165, 1.54) is 12.1 Å². The second-order valence-electron chi connectivity index (χ2n) is 3.15. The third kappa shape index (κ3) is 2.49. The monoisotopic (exact) mass is 232 g/mol. The first-order chi connectivity index (χ1) is 8.16. The normalized spacial score (nSPS) is 9.88. The van der Waals surface area contributed by atoms with Gasteiger partial charge in [-0.3, -0.25) is 9.78 Å². The Balaban J connectivity index is 2.38. The zero-order valence-electron chi connectivity index (χ0n) is 8.58. The number of aromatic nitrogens is 2. The molecule has 0 aliphatic carbocycles. The van der Waals surface area contributed by atoms with E-state index < -0.39 is 11.7 Å². The van der Waals surface area contributed by atoms with Gasteiger partial charge in [-0.15, -0.1) is 0 Å². The molecule has 0 aromatic carbocycles. The molecule has 2 N–H and O–H groups in total. The van der Waals surface area contributed by atoms with Gasteiger partial charge in [-0.25, -0.2) is 4.79 Å². The van der Waals surface area contributed by atoms with Crippen molar-refractivity contribution in [1.29, 1.82) is 0 Å². The van der Waals surface area contributed by atoms with Crippen molar-refractivity contribution < 1.29 is 14.6 Å². The smallest absolute Gasteiger partial charge is 0.449 e. The van der Waals surface area contributed by atoms with Gasteiger partial charge in [0.25, 0.3) is 5.56 Å². The molecule has 86 valence electrons. The van der Waals surface area contributed by atoms with Crippen molar-refractivity contribution in [1.82, 2.24) is 9.97 Å². The molecule has 6 nitrogen and oxygen atoms in total.